The first-order valence-corrected chi connectivity index (χ1v) is 11.8. The summed E-state index contributed by atoms with van der Waals surface area (Å²) in [6.45, 7) is 5.15. The average molecular weight is 503 g/mol. The van der Waals surface area contributed by atoms with E-state index >= 15 is 0 Å². The minimum atomic E-state index is -0.907. The second kappa shape index (κ2) is 9.29. The Morgan fingerprint density at radius 1 is 1.09 bits per heavy atom. The van der Waals surface area contributed by atoms with Crippen LogP contribution < -0.4 is 0 Å². The van der Waals surface area contributed by atoms with Crippen LogP contribution in [0.1, 0.15) is 35.7 Å². The number of para-hydroxylation sites is 1. The normalized spacial score (nSPS) is 27.1. The molecule has 1 saturated heterocycles. The Kier molecular flexibility index (Phi) is 6.89. The molecule has 2 N–H and O–H groups in total. The maximum atomic E-state index is 12.6. The van der Waals surface area contributed by atoms with E-state index in [9.17, 15) is 10.2 Å². The number of phenolic OH excluding ortho intramolecular Hbond substituents is 1. The number of aromatic nitrogens is 1. The first-order valence-electron chi connectivity index (χ1n) is 11.8. The Balaban J connectivity index is 0.00000137. The Bertz CT molecular complexity index is 1210. The van der Waals surface area contributed by atoms with Crippen molar-refractivity contribution < 1.29 is 14.9 Å². The smallest absolute Gasteiger partial charge is 0.115 e. The van der Waals surface area contributed by atoms with Crippen molar-refractivity contribution in [2.45, 2.75) is 49.7 Å². The molecule has 1 aliphatic heterocycles. The molecule has 2 aliphatic carbocycles. The molecular weight excluding hydrogens is 471 g/mol. The van der Waals surface area contributed by atoms with Crippen LogP contribution in [0.3, 0.4) is 0 Å². The van der Waals surface area contributed by atoms with E-state index in [1.165, 1.54) is 5.56 Å². The maximum Gasteiger partial charge on any atom is 0.115 e. The minimum Gasteiger partial charge on any atom is -0.508 e. The molecule has 2 aromatic carbocycles. The highest BCUT2D eigenvalue weighted by atomic mass is 35.5. The topological polar surface area (TPSA) is 65.8 Å². The molecule has 0 unspecified atom stereocenters. The van der Waals surface area contributed by atoms with E-state index in [2.05, 4.69) is 23.1 Å². The number of nitrogens with zero attached hydrogens (tertiary/aromatic N) is 2. The summed E-state index contributed by atoms with van der Waals surface area (Å²) in [5, 5.41) is 24.0. The molecule has 2 bridgehead atoms. The molecule has 2 heterocycles. The van der Waals surface area contributed by atoms with Gasteiger partial charge < -0.3 is 14.9 Å². The van der Waals surface area contributed by atoms with E-state index in [1.54, 1.807) is 6.07 Å². The molecule has 3 aliphatic rings. The van der Waals surface area contributed by atoms with Gasteiger partial charge in [-0.1, -0.05) is 24.3 Å². The number of hydrogen-bond donors (Lipinski definition) is 2. The van der Waals surface area contributed by atoms with Crippen LogP contribution in [0.25, 0.3) is 10.9 Å². The third-order valence-electron chi connectivity index (χ3n) is 8.22. The summed E-state index contributed by atoms with van der Waals surface area (Å²) < 4.78 is 5.66. The number of rotatable bonds is 4. The molecule has 0 saturated carbocycles. The monoisotopic (exact) mass is 502 g/mol. The van der Waals surface area contributed by atoms with Crippen LogP contribution in [0.5, 0.6) is 5.75 Å². The number of ether oxygens (including phenoxy) is 1. The van der Waals surface area contributed by atoms with Gasteiger partial charge in [0.15, 0.2) is 0 Å². The highest BCUT2D eigenvalue weighted by Gasteiger charge is 2.64. The van der Waals surface area contributed by atoms with Gasteiger partial charge in [0.1, 0.15) is 5.75 Å². The van der Waals surface area contributed by atoms with Gasteiger partial charge >= 0.3 is 0 Å². The molecule has 34 heavy (non-hydrogen) atoms. The van der Waals surface area contributed by atoms with E-state index in [1.807, 2.05) is 31.2 Å². The number of piperidine rings is 1. The van der Waals surface area contributed by atoms with Crippen molar-refractivity contribution in [3.05, 3.63) is 70.9 Å². The molecule has 3 aromatic rings. The van der Waals surface area contributed by atoms with Gasteiger partial charge in [-0.2, -0.15) is 0 Å². The molecule has 6 rings (SSSR count). The van der Waals surface area contributed by atoms with Crippen molar-refractivity contribution in [3.63, 3.8) is 0 Å². The van der Waals surface area contributed by atoms with Crippen molar-refractivity contribution in [2.24, 2.45) is 0 Å². The maximum absolute atomic E-state index is 12.6. The molecule has 1 fully saturated rings. The molecular formula is C27H32Cl2N2O3. The van der Waals surface area contributed by atoms with Crippen molar-refractivity contribution in [1.29, 1.82) is 0 Å². The lowest BCUT2D eigenvalue weighted by molar-refractivity contribution is -0.153. The largest absolute Gasteiger partial charge is 0.508 e. The van der Waals surface area contributed by atoms with Crippen molar-refractivity contribution >= 4 is 35.7 Å². The van der Waals surface area contributed by atoms with E-state index < -0.39 is 11.0 Å². The fraction of sp³-hybridized carbons (Fsp3) is 0.444. The predicted octanol–water partition coefficient (Wildman–Crippen LogP) is 4.22. The van der Waals surface area contributed by atoms with E-state index in [0.29, 0.717) is 26.1 Å². The molecule has 5 nitrogen and oxygen atoms in total. The lowest BCUT2D eigenvalue weighted by Crippen LogP contribution is -2.74. The summed E-state index contributed by atoms with van der Waals surface area (Å²) >= 11 is 0. The fourth-order valence-corrected chi connectivity index (χ4v) is 6.69. The number of hydrogen-bond acceptors (Lipinski definition) is 5. The van der Waals surface area contributed by atoms with Gasteiger partial charge in [-0.15, -0.1) is 24.8 Å². The highest BCUT2D eigenvalue weighted by molar-refractivity contribution is 5.85. The average Bonchev–Trinajstić information content (AvgIpc) is 2.78. The van der Waals surface area contributed by atoms with Gasteiger partial charge in [-0.05, 0) is 67.3 Å². The molecule has 0 radical (unpaired) electrons. The number of pyridine rings is 1. The number of aromatic hydroxyl groups is 1. The van der Waals surface area contributed by atoms with Crippen LogP contribution in [0.4, 0.5) is 0 Å². The summed E-state index contributed by atoms with van der Waals surface area (Å²) in [5.41, 5.74) is 4.26. The molecule has 182 valence electrons. The summed E-state index contributed by atoms with van der Waals surface area (Å²) in [4.78, 5) is 7.48. The van der Waals surface area contributed by atoms with E-state index in [4.69, 9.17) is 9.72 Å². The summed E-state index contributed by atoms with van der Waals surface area (Å²) in [5.74, 6) is 0.273. The zero-order valence-corrected chi connectivity index (χ0v) is 21.0. The first-order chi connectivity index (χ1) is 15.5. The van der Waals surface area contributed by atoms with E-state index in [-0.39, 0.29) is 36.6 Å². The lowest BCUT2D eigenvalue weighted by atomic mass is 9.49. The van der Waals surface area contributed by atoms with Gasteiger partial charge in [0.2, 0.25) is 0 Å². The quantitative estimate of drug-likeness (QED) is 0.522. The standard InChI is InChI=1S/C27H30N2O3.2ClH/c1-2-32-12-11-29-10-9-26-17-24-20(13-19-5-3-4-6-23(19)28-24)16-27(26,31)25(29)14-18-7-8-21(30)15-22(18)26;;/h3-8,13,15,25,30-31H,2,9-12,14,16-17H2,1H3;2*1H/t25-,26-,27-;;/m1../s1. The van der Waals surface area contributed by atoms with Gasteiger partial charge in [0, 0.05) is 48.5 Å². The zero-order chi connectivity index (χ0) is 21.9. The van der Waals surface area contributed by atoms with Gasteiger partial charge in [-0.25, -0.2) is 0 Å². The second-order valence-electron chi connectivity index (χ2n) is 9.69. The minimum absolute atomic E-state index is 0. The van der Waals surface area contributed by atoms with Crippen LogP contribution in [-0.2, 0) is 29.4 Å². The molecule has 7 heteroatoms. The van der Waals surface area contributed by atoms with Crippen molar-refractivity contribution in [2.75, 3.05) is 26.3 Å². The zero-order valence-electron chi connectivity index (χ0n) is 19.4. The number of likely N-dealkylation sites (tertiary alicyclic amines) is 1. The molecule has 0 amide bonds. The molecule has 1 aromatic heterocycles. The number of aliphatic hydroxyl groups is 1. The summed E-state index contributed by atoms with van der Waals surface area (Å²) in [6.07, 6.45) is 2.92. The van der Waals surface area contributed by atoms with Crippen LogP contribution in [-0.4, -0.2) is 58.0 Å². The number of benzene rings is 2. The van der Waals surface area contributed by atoms with Crippen LogP contribution >= 0.6 is 24.8 Å². The Morgan fingerprint density at radius 3 is 2.74 bits per heavy atom. The number of fused-ring (bicyclic) bond motifs is 3. The lowest BCUT2D eigenvalue weighted by Gasteiger charge is -2.63. The Morgan fingerprint density at radius 2 is 1.91 bits per heavy atom. The van der Waals surface area contributed by atoms with Crippen LogP contribution in [0, 0.1) is 0 Å². The van der Waals surface area contributed by atoms with Gasteiger partial charge in [0.05, 0.1) is 17.7 Å². The first kappa shape index (κ1) is 25.2. The van der Waals surface area contributed by atoms with E-state index in [0.717, 1.165) is 53.7 Å². The Hall–Kier alpha value is -1.89. The van der Waals surface area contributed by atoms with Gasteiger partial charge in [-0.3, -0.25) is 9.88 Å². The van der Waals surface area contributed by atoms with Crippen molar-refractivity contribution in [1.82, 2.24) is 9.88 Å². The summed E-state index contributed by atoms with van der Waals surface area (Å²) in [7, 11) is 0. The molecule has 0 spiro atoms. The second-order valence-corrected chi connectivity index (χ2v) is 9.69. The van der Waals surface area contributed by atoms with Gasteiger partial charge in [0.25, 0.3) is 0 Å². The van der Waals surface area contributed by atoms with Crippen LogP contribution in [0.2, 0.25) is 0 Å². The third-order valence-corrected chi connectivity index (χ3v) is 8.22. The fourth-order valence-electron chi connectivity index (χ4n) is 6.69. The molecule has 3 atom stereocenters. The number of phenols is 1. The Labute approximate surface area is 213 Å². The third kappa shape index (κ3) is 3.61. The van der Waals surface area contributed by atoms with Crippen molar-refractivity contribution in [3.8, 4) is 5.75 Å². The predicted molar refractivity (Wildman–Crippen MR) is 139 cm³/mol. The summed E-state index contributed by atoms with van der Waals surface area (Å²) in [6, 6.07) is 16.2. The number of halogens is 2. The SMILES string of the molecule is CCOCCN1CC[C@]23Cc4nc5ccccc5cc4C[C@@]2(O)[C@H]1Cc1ccc(O)cc13.Cl.Cl. The van der Waals surface area contributed by atoms with Crippen LogP contribution in [0.15, 0.2) is 48.5 Å². The highest BCUT2D eigenvalue weighted by Crippen LogP contribution is 2.57.